The number of nitrogens with one attached hydrogen (secondary N) is 1. The van der Waals surface area contributed by atoms with Crippen LogP contribution in [0.4, 0.5) is 23.2 Å². The minimum atomic E-state index is -4.49. The third kappa shape index (κ3) is 3.35. The number of rotatable bonds is 4. The first-order valence-electron chi connectivity index (χ1n) is 5.57. The molecular weight excluding hydrogens is 234 g/mol. The van der Waals surface area contributed by atoms with Crippen molar-refractivity contribution in [3.05, 3.63) is 29.6 Å². The quantitative estimate of drug-likeness (QED) is 0.791. The average molecular weight is 247 g/mol. The third-order valence-corrected chi connectivity index (χ3v) is 2.86. The lowest BCUT2D eigenvalue weighted by Gasteiger charge is -2.10. The fraction of sp³-hybridized carbons (Fsp3) is 0.500. The molecule has 1 aliphatic rings. The Kier molecular flexibility index (Phi) is 3.26. The Bertz CT molecular complexity index is 396. The van der Waals surface area contributed by atoms with Gasteiger partial charge in [0.1, 0.15) is 5.82 Å². The minimum absolute atomic E-state index is 0.138. The lowest BCUT2D eigenvalue weighted by molar-refractivity contribution is -0.137. The minimum Gasteiger partial charge on any atom is -0.383 e. The molecule has 0 unspecified atom stereocenters. The molecule has 0 spiro atoms. The van der Waals surface area contributed by atoms with Crippen LogP contribution in [0, 0.1) is 11.7 Å². The molecule has 5 heteroatoms. The molecule has 1 fully saturated rings. The van der Waals surface area contributed by atoms with Crippen molar-refractivity contribution in [1.29, 1.82) is 0 Å². The van der Waals surface area contributed by atoms with Crippen LogP contribution < -0.4 is 5.32 Å². The molecule has 1 aromatic rings. The maximum atomic E-state index is 13.4. The number of alkyl halides is 3. The number of anilines is 1. The van der Waals surface area contributed by atoms with E-state index in [0.717, 1.165) is 18.6 Å². The zero-order valence-electron chi connectivity index (χ0n) is 9.15. The molecule has 1 nitrogen and oxygen atoms in total. The summed E-state index contributed by atoms with van der Waals surface area (Å²) in [6.45, 7) is 0.604. The van der Waals surface area contributed by atoms with Crippen LogP contribution in [-0.4, -0.2) is 6.54 Å². The first-order chi connectivity index (χ1) is 7.97. The van der Waals surface area contributed by atoms with Crippen molar-refractivity contribution in [1.82, 2.24) is 0 Å². The van der Waals surface area contributed by atoms with E-state index in [1.165, 1.54) is 12.8 Å². The average Bonchev–Trinajstić information content (AvgIpc) is 3.02. The van der Waals surface area contributed by atoms with Gasteiger partial charge in [0.05, 0.1) is 11.3 Å². The Morgan fingerprint density at radius 1 is 1.24 bits per heavy atom. The lowest BCUT2D eigenvalue weighted by atomic mass is 10.2. The van der Waals surface area contributed by atoms with Crippen molar-refractivity contribution in [2.45, 2.75) is 25.4 Å². The van der Waals surface area contributed by atoms with Crippen LogP contribution in [-0.2, 0) is 6.18 Å². The fourth-order valence-corrected chi connectivity index (χ4v) is 1.65. The van der Waals surface area contributed by atoms with Crippen molar-refractivity contribution in [2.75, 3.05) is 11.9 Å². The van der Waals surface area contributed by atoms with E-state index in [-0.39, 0.29) is 5.69 Å². The first kappa shape index (κ1) is 12.2. The van der Waals surface area contributed by atoms with E-state index in [1.54, 1.807) is 0 Å². The maximum absolute atomic E-state index is 13.4. The summed E-state index contributed by atoms with van der Waals surface area (Å²) in [7, 11) is 0. The number of halogens is 4. The summed E-state index contributed by atoms with van der Waals surface area (Å²) in [6, 6.07) is 2.56. The highest BCUT2D eigenvalue weighted by Crippen LogP contribution is 2.33. The van der Waals surface area contributed by atoms with Crippen LogP contribution in [0.5, 0.6) is 0 Å². The molecule has 1 saturated carbocycles. The summed E-state index contributed by atoms with van der Waals surface area (Å²) >= 11 is 0. The lowest BCUT2D eigenvalue weighted by Crippen LogP contribution is -2.08. The molecule has 17 heavy (non-hydrogen) atoms. The van der Waals surface area contributed by atoms with E-state index in [1.807, 2.05) is 0 Å². The SMILES string of the molecule is Fc1cc(C(F)(F)F)ccc1NCCC1CC1. The van der Waals surface area contributed by atoms with Gasteiger partial charge in [-0.15, -0.1) is 0 Å². The highest BCUT2D eigenvalue weighted by Gasteiger charge is 2.31. The largest absolute Gasteiger partial charge is 0.416 e. The second kappa shape index (κ2) is 4.55. The molecule has 2 rings (SSSR count). The molecule has 1 aromatic carbocycles. The predicted molar refractivity (Wildman–Crippen MR) is 57.2 cm³/mol. The van der Waals surface area contributed by atoms with E-state index in [4.69, 9.17) is 0 Å². The van der Waals surface area contributed by atoms with Gasteiger partial charge in [-0.25, -0.2) is 4.39 Å². The summed E-state index contributed by atoms with van der Waals surface area (Å²) in [5, 5.41) is 2.82. The van der Waals surface area contributed by atoms with E-state index in [2.05, 4.69) is 5.32 Å². The van der Waals surface area contributed by atoms with E-state index in [9.17, 15) is 17.6 Å². The third-order valence-electron chi connectivity index (χ3n) is 2.86. The van der Waals surface area contributed by atoms with Crippen molar-refractivity contribution in [3.63, 3.8) is 0 Å². The van der Waals surface area contributed by atoms with Crippen molar-refractivity contribution >= 4 is 5.69 Å². The van der Waals surface area contributed by atoms with E-state index in [0.29, 0.717) is 18.5 Å². The van der Waals surface area contributed by atoms with E-state index < -0.39 is 17.6 Å². The molecule has 0 heterocycles. The topological polar surface area (TPSA) is 12.0 Å². The van der Waals surface area contributed by atoms with Gasteiger partial charge in [0, 0.05) is 6.54 Å². The van der Waals surface area contributed by atoms with Crippen LogP contribution in [0.25, 0.3) is 0 Å². The normalized spacial score (nSPS) is 16.0. The Labute approximate surface area is 96.8 Å². The molecule has 0 radical (unpaired) electrons. The molecule has 1 N–H and O–H groups in total. The summed E-state index contributed by atoms with van der Waals surface area (Å²) in [5.74, 6) is -0.143. The fourth-order valence-electron chi connectivity index (χ4n) is 1.65. The molecule has 0 atom stereocenters. The highest BCUT2D eigenvalue weighted by molar-refractivity contribution is 5.46. The van der Waals surface area contributed by atoms with Gasteiger partial charge in [0.25, 0.3) is 0 Å². The van der Waals surface area contributed by atoms with Gasteiger partial charge < -0.3 is 5.32 Å². The Morgan fingerprint density at radius 3 is 2.47 bits per heavy atom. The van der Waals surface area contributed by atoms with Crippen LogP contribution in [0.1, 0.15) is 24.8 Å². The monoisotopic (exact) mass is 247 g/mol. The van der Waals surface area contributed by atoms with E-state index >= 15 is 0 Å². The molecule has 0 bridgehead atoms. The molecule has 0 aliphatic heterocycles. The molecule has 1 aliphatic carbocycles. The zero-order chi connectivity index (χ0) is 12.5. The smallest absolute Gasteiger partial charge is 0.383 e. The zero-order valence-corrected chi connectivity index (χ0v) is 9.15. The predicted octanol–water partition coefficient (Wildman–Crippen LogP) is 4.06. The first-order valence-corrected chi connectivity index (χ1v) is 5.57. The maximum Gasteiger partial charge on any atom is 0.416 e. The number of hydrogen-bond acceptors (Lipinski definition) is 1. The van der Waals surface area contributed by atoms with Gasteiger partial charge >= 0.3 is 6.18 Å². The number of hydrogen-bond donors (Lipinski definition) is 1. The summed E-state index contributed by atoms with van der Waals surface area (Å²) in [5.41, 5.74) is -0.818. The summed E-state index contributed by atoms with van der Waals surface area (Å²) in [6.07, 6.45) is -1.14. The van der Waals surface area contributed by atoms with Crippen LogP contribution >= 0.6 is 0 Å². The van der Waals surface area contributed by atoms with Crippen LogP contribution in [0.2, 0.25) is 0 Å². The van der Waals surface area contributed by atoms with Gasteiger partial charge in [0.2, 0.25) is 0 Å². The molecule has 0 aromatic heterocycles. The van der Waals surface area contributed by atoms with Crippen molar-refractivity contribution in [3.8, 4) is 0 Å². The summed E-state index contributed by atoms with van der Waals surface area (Å²) in [4.78, 5) is 0. The van der Waals surface area contributed by atoms with Gasteiger partial charge in [-0.2, -0.15) is 13.2 Å². The highest BCUT2D eigenvalue weighted by atomic mass is 19.4. The second-order valence-electron chi connectivity index (χ2n) is 4.35. The second-order valence-corrected chi connectivity index (χ2v) is 4.35. The van der Waals surface area contributed by atoms with Crippen LogP contribution in [0.15, 0.2) is 18.2 Å². The molecule has 0 amide bonds. The van der Waals surface area contributed by atoms with Gasteiger partial charge in [-0.1, -0.05) is 12.8 Å². The molecular formula is C12H13F4N. The van der Waals surface area contributed by atoms with Crippen LogP contribution in [0.3, 0.4) is 0 Å². The van der Waals surface area contributed by atoms with Gasteiger partial charge in [-0.05, 0) is 30.5 Å². The Morgan fingerprint density at radius 2 is 1.94 bits per heavy atom. The van der Waals surface area contributed by atoms with Gasteiger partial charge in [-0.3, -0.25) is 0 Å². The number of benzene rings is 1. The van der Waals surface area contributed by atoms with Gasteiger partial charge in [0.15, 0.2) is 0 Å². The molecule has 94 valence electrons. The van der Waals surface area contributed by atoms with Crippen molar-refractivity contribution in [2.24, 2.45) is 5.92 Å². The Balaban J connectivity index is 1.97. The summed E-state index contributed by atoms with van der Waals surface area (Å²) < 4.78 is 50.2. The Hall–Kier alpha value is -1.26. The standard InChI is InChI=1S/C12H13F4N/c13-10-7-9(12(14,15)16)3-4-11(10)17-6-5-8-1-2-8/h3-4,7-8,17H,1-2,5-6H2. The van der Waals surface area contributed by atoms with Crippen molar-refractivity contribution < 1.29 is 17.6 Å². The molecule has 0 saturated heterocycles.